The first-order chi connectivity index (χ1) is 13.0. The number of esters is 1. The standard InChI is InChI=1S/C22H16FNO3/c1-24(2)14-8-9-17-20(12-14)26-19-10-7-13(23)11-18(19)22(17)16-6-4-3-5-15(16)21(25)27-22/h3-12H,1-2H3. The molecule has 0 amide bonds. The van der Waals surface area contributed by atoms with E-state index in [1.807, 2.05) is 49.3 Å². The maximum Gasteiger partial charge on any atom is 0.340 e. The number of anilines is 1. The van der Waals surface area contributed by atoms with E-state index in [4.69, 9.17) is 9.47 Å². The highest BCUT2D eigenvalue weighted by atomic mass is 19.1. The monoisotopic (exact) mass is 361 g/mol. The molecule has 0 N–H and O–H groups in total. The van der Waals surface area contributed by atoms with Crippen molar-refractivity contribution in [1.82, 2.24) is 0 Å². The third-order valence-electron chi connectivity index (χ3n) is 5.17. The van der Waals surface area contributed by atoms with Gasteiger partial charge >= 0.3 is 5.97 Å². The lowest BCUT2D eigenvalue weighted by Gasteiger charge is -2.36. The zero-order valence-electron chi connectivity index (χ0n) is 14.8. The Bertz CT molecular complexity index is 1110. The number of hydrogen-bond acceptors (Lipinski definition) is 4. The van der Waals surface area contributed by atoms with Crippen molar-refractivity contribution in [1.29, 1.82) is 0 Å². The van der Waals surface area contributed by atoms with Gasteiger partial charge in [-0.25, -0.2) is 9.18 Å². The first kappa shape index (κ1) is 15.9. The average Bonchev–Trinajstić information content (AvgIpc) is 2.96. The topological polar surface area (TPSA) is 38.8 Å². The van der Waals surface area contributed by atoms with Gasteiger partial charge in [-0.1, -0.05) is 18.2 Å². The van der Waals surface area contributed by atoms with Crippen molar-refractivity contribution in [2.75, 3.05) is 19.0 Å². The van der Waals surface area contributed by atoms with Gasteiger partial charge in [0.25, 0.3) is 0 Å². The zero-order chi connectivity index (χ0) is 18.8. The number of ether oxygens (including phenoxy) is 2. The second-order valence-corrected chi connectivity index (χ2v) is 6.93. The Morgan fingerprint density at radius 1 is 0.889 bits per heavy atom. The van der Waals surface area contributed by atoms with E-state index in [1.54, 1.807) is 18.2 Å². The summed E-state index contributed by atoms with van der Waals surface area (Å²) >= 11 is 0. The molecule has 1 unspecified atom stereocenters. The maximum absolute atomic E-state index is 14.1. The molecule has 27 heavy (non-hydrogen) atoms. The maximum atomic E-state index is 14.1. The third-order valence-corrected chi connectivity index (χ3v) is 5.17. The summed E-state index contributed by atoms with van der Waals surface area (Å²) < 4.78 is 26.2. The van der Waals surface area contributed by atoms with Gasteiger partial charge in [0.05, 0.1) is 11.1 Å². The lowest BCUT2D eigenvalue weighted by molar-refractivity contribution is 0.0223. The van der Waals surface area contributed by atoms with E-state index in [1.165, 1.54) is 12.1 Å². The molecule has 5 rings (SSSR count). The molecule has 0 aromatic heterocycles. The van der Waals surface area contributed by atoms with Crippen LogP contribution in [0.2, 0.25) is 0 Å². The van der Waals surface area contributed by atoms with Gasteiger partial charge in [-0.05, 0) is 36.4 Å². The van der Waals surface area contributed by atoms with Gasteiger partial charge in [-0.3, -0.25) is 0 Å². The molecule has 134 valence electrons. The van der Waals surface area contributed by atoms with Crippen LogP contribution < -0.4 is 9.64 Å². The normalized spacial score (nSPS) is 19.0. The molecule has 2 heterocycles. The molecule has 4 nitrogen and oxygen atoms in total. The van der Waals surface area contributed by atoms with Gasteiger partial charge in [0, 0.05) is 37.0 Å². The first-order valence-corrected chi connectivity index (χ1v) is 8.63. The number of fused-ring (bicyclic) bond motifs is 6. The minimum absolute atomic E-state index is 0.412. The summed E-state index contributed by atoms with van der Waals surface area (Å²) in [5.74, 6) is 0.227. The van der Waals surface area contributed by atoms with Gasteiger partial charge in [-0.15, -0.1) is 0 Å². The Morgan fingerprint density at radius 3 is 2.52 bits per heavy atom. The zero-order valence-corrected chi connectivity index (χ0v) is 14.8. The molecule has 3 aromatic carbocycles. The highest BCUT2D eigenvalue weighted by Crippen LogP contribution is 2.56. The number of carbonyl (C=O) groups is 1. The Kier molecular flexibility index (Phi) is 3.13. The van der Waals surface area contributed by atoms with E-state index in [2.05, 4.69) is 0 Å². The van der Waals surface area contributed by atoms with Crippen molar-refractivity contribution in [3.63, 3.8) is 0 Å². The van der Waals surface area contributed by atoms with Gasteiger partial charge < -0.3 is 14.4 Å². The van der Waals surface area contributed by atoms with Crippen LogP contribution in [0.4, 0.5) is 10.1 Å². The fraction of sp³-hybridized carbons (Fsp3) is 0.136. The number of benzene rings is 3. The van der Waals surface area contributed by atoms with E-state index in [9.17, 15) is 9.18 Å². The molecule has 3 aromatic rings. The summed E-state index contributed by atoms with van der Waals surface area (Å²) in [5, 5.41) is 0. The largest absolute Gasteiger partial charge is 0.456 e. The minimum atomic E-state index is -1.22. The molecule has 0 saturated heterocycles. The molecule has 2 aliphatic heterocycles. The quantitative estimate of drug-likeness (QED) is 0.600. The Morgan fingerprint density at radius 2 is 1.70 bits per heavy atom. The number of rotatable bonds is 1. The van der Waals surface area contributed by atoms with E-state index in [0.29, 0.717) is 33.8 Å². The molecule has 0 aliphatic carbocycles. The smallest absolute Gasteiger partial charge is 0.340 e. The predicted octanol–water partition coefficient (Wildman–Crippen LogP) is 4.46. The van der Waals surface area contributed by atoms with Crippen molar-refractivity contribution in [2.24, 2.45) is 0 Å². The fourth-order valence-corrected chi connectivity index (χ4v) is 3.91. The van der Waals surface area contributed by atoms with Crippen LogP contribution >= 0.6 is 0 Å². The summed E-state index contributed by atoms with van der Waals surface area (Å²) in [6, 6.07) is 17.2. The Labute approximate surface area is 155 Å². The molecule has 5 heteroatoms. The van der Waals surface area contributed by atoms with E-state index in [-0.39, 0.29) is 0 Å². The van der Waals surface area contributed by atoms with Gasteiger partial charge in [0.1, 0.15) is 17.3 Å². The van der Waals surface area contributed by atoms with Crippen LogP contribution in [0.5, 0.6) is 11.5 Å². The number of carbonyl (C=O) groups excluding carboxylic acids is 1. The van der Waals surface area contributed by atoms with Crippen LogP contribution in [0.3, 0.4) is 0 Å². The summed E-state index contributed by atoms with van der Waals surface area (Å²) in [7, 11) is 3.88. The second kappa shape index (κ2) is 5.33. The average molecular weight is 361 g/mol. The van der Waals surface area contributed by atoms with Gasteiger partial charge in [-0.2, -0.15) is 0 Å². The molecule has 1 spiro atoms. The van der Waals surface area contributed by atoms with Crippen LogP contribution in [0.25, 0.3) is 0 Å². The van der Waals surface area contributed by atoms with Crippen molar-refractivity contribution >= 4 is 11.7 Å². The van der Waals surface area contributed by atoms with Gasteiger partial charge in [0.2, 0.25) is 0 Å². The lowest BCUT2D eigenvalue weighted by Crippen LogP contribution is -2.33. The van der Waals surface area contributed by atoms with Crippen molar-refractivity contribution in [2.45, 2.75) is 5.60 Å². The van der Waals surface area contributed by atoms with E-state index >= 15 is 0 Å². The van der Waals surface area contributed by atoms with Crippen molar-refractivity contribution < 1.29 is 18.7 Å². The summed E-state index contributed by atoms with van der Waals surface area (Å²) in [5.41, 5.74) is 2.09. The SMILES string of the molecule is CN(C)c1ccc2c(c1)Oc1ccc(F)cc1C21OC(=O)c2ccccc21. The Hall–Kier alpha value is -3.34. The molecular weight excluding hydrogens is 345 g/mol. The lowest BCUT2D eigenvalue weighted by atomic mass is 9.77. The first-order valence-electron chi connectivity index (χ1n) is 8.63. The highest BCUT2D eigenvalue weighted by molar-refractivity contribution is 5.97. The fourth-order valence-electron chi connectivity index (χ4n) is 3.91. The summed E-state index contributed by atoms with van der Waals surface area (Å²) in [6.45, 7) is 0. The molecule has 0 bridgehead atoms. The number of nitrogens with zero attached hydrogens (tertiary/aromatic N) is 1. The number of hydrogen-bond donors (Lipinski definition) is 0. The third kappa shape index (κ3) is 2.05. The van der Waals surface area contributed by atoms with Crippen LogP contribution in [0.15, 0.2) is 60.7 Å². The van der Waals surface area contributed by atoms with Crippen LogP contribution in [0, 0.1) is 5.82 Å². The molecule has 0 saturated carbocycles. The molecule has 1 atom stereocenters. The summed E-state index contributed by atoms with van der Waals surface area (Å²) in [4.78, 5) is 14.6. The van der Waals surface area contributed by atoms with Crippen LogP contribution in [-0.4, -0.2) is 20.1 Å². The van der Waals surface area contributed by atoms with Crippen molar-refractivity contribution in [3.05, 3.63) is 88.7 Å². The number of halogens is 1. The van der Waals surface area contributed by atoms with E-state index < -0.39 is 17.4 Å². The van der Waals surface area contributed by atoms with Crippen LogP contribution in [-0.2, 0) is 10.3 Å². The van der Waals surface area contributed by atoms with E-state index in [0.717, 1.165) is 5.69 Å². The van der Waals surface area contributed by atoms with Crippen LogP contribution in [0.1, 0.15) is 27.0 Å². The molecule has 2 aliphatic rings. The predicted molar refractivity (Wildman–Crippen MR) is 99.0 cm³/mol. The molecule has 0 fully saturated rings. The second-order valence-electron chi connectivity index (χ2n) is 6.93. The Balaban J connectivity index is 1.87. The van der Waals surface area contributed by atoms with Crippen molar-refractivity contribution in [3.8, 4) is 11.5 Å². The molecule has 0 radical (unpaired) electrons. The summed E-state index contributed by atoms with van der Waals surface area (Å²) in [6.07, 6.45) is 0. The van der Waals surface area contributed by atoms with Gasteiger partial charge in [0.15, 0.2) is 5.60 Å². The molecular formula is C22H16FNO3. The highest BCUT2D eigenvalue weighted by Gasteiger charge is 2.53. The minimum Gasteiger partial charge on any atom is -0.456 e.